The predicted molar refractivity (Wildman–Crippen MR) is 80.3 cm³/mol. The molecule has 22 heavy (non-hydrogen) atoms. The molecule has 7 nitrogen and oxygen atoms in total. The Morgan fingerprint density at radius 2 is 2.32 bits per heavy atom. The van der Waals surface area contributed by atoms with Crippen LogP contribution in [0.5, 0.6) is 5.88 Å². The summed E-state index contributed by atoms with van der Waals surface area (Å²) in [5.74, 6) is -1.61. The third-order valence-corrected chi connectivity index (χ3v) is 2.75. The maximum absolute atomic E-state index is 12.0. The highest BCUT2D eigenvalue weighted by Crippen LogP contribution is 2.22. The fourth-order valence-corrected chi connectivity index (χ4v) is 1.70. The summed E-state index contributed by atoms with van der Waals surface area (Å²) in [5.41, 5.74) is 0.128. The molecule has 0 aromatic carbocycles. The number of carboxylic acids is 1. The van der Waals surface area contributed by atoms with Gasteiger partial charge in [0.15, 0.2) is 6.04 Å². The first-order valence-electron chi connectivity index (χ1n) is 6.50. The quantitative estimate of drug-likeness (QED) is 0.527. The molecule has 0 aliphatic carbocycles. The number of aromatic nitrogens is 1. The molecule has 1 unspecified atom stereocenters. The summed E-state index contributed by atoms with van der Waals surface area (Å²) in [6, 6.07) is 0.177. The van der Waals surface area contributed by atoms with E-state index in [1.807, 2.05) is 0 Å². The summed E-state index contributed by atoms with van der Waals surface area (Å²) < 4.78 is 10.2. The molecule has 0 spiro atoms. The molecule has 0 saturated carbocycles. The van der Waals surface area contributed by atoms with Crippen LogP contribution in [0.3, 0.4) is 0 Å². The molecule has 0 aliphatic heterocycles. The van der Waals surface area contributed by atoms with E-state index in [4.69, 9.17) is 26.2 Å². The van der Waals surface area contributed by atoms with Crippen molar-refractivity contribution in [3.8, 4) is 5.88 Å². The molecule has 0 bridgehead atoms. The lowest BCUT2D eigenvalue weighted by molar-refractivity contribution is -0.140. The largest absolute Gasteiger partial charge is 0.480 e. The van der Waals surface area contributed by atoms with Gasteiger partial charge in [0.2, 0.25) is 5.88 Å². The number of ether oxygens (including phenoxy) is 2. The van der Waals surface area contributed by atoms with E-state index in [0.29, 0.717) is 6.61 Å². The minimum absolute atomic E-state index is 0.128. The van der Waals surface area contributed by atoms with Crippen molar-refractivity contribution in [2.45, 2.75) is 13.0 Å². The van der Waals surface area contributed by atoms with Crippen LogP contribution in [0.25, 0.3) is 0 Å². The van der Waals surface area contributed by atoms with E-state index in [9.17, 15) is 9.59 Å². The van der Waals surface area contributed by atoms with E-state index >= 15 is 0 Å². The van der Waals surface area contributed by atoms with Crippen LogP contribution in [0.1, 0.15) is 17.3 Å². The fourth-order valence-electron chi connectivity index (χ4n) is 1.48. The van der Waals surface area contributed by atoms with E-state index < -0.39 is 17.9 Å². The average molecular weight is 329 g/mol. The Bertz CT molecular complexity index is 550. The van der Waals surface area contributed by atoms with Crippen molar-refractivity contribution in [3.05, 3.63) is 35.5 Å². The first-order valence-corrected chi connectivity index (χ1v) is 6.88. The van der Waals surface area contributed by atoms with Gasteiger partial charge in [-0.15, -0.1) is 6.58 Å². The van der Waals surface area contributed by atoms with Crippen molar-refractivity contribution in [2.24, 2.45) is 0 Å². The van der Waals surface area contributed by atoms with Gasteiger partial charge < -0.3 is 19.9 Å². The molecule has 1 aromatic rings. The number of hydrogen-bond acceptors (Lipinski definition) is 5. The minimum Gasteiger partial charge on any atom is -0.480 e. The van der Waals surface area contributed by atoms with Crippen molar-refractivity contribution in [2.75, 3.05) is 19.8 Å². The lowest BCUT2D eigenvalue weighted by Crippen LogP contribution is -2.44. The molecule has 0 saturated heterocycles. The Labute approximate surface area is 132 Å². The van der Waals surface area contributed by atoms with Crippen molar-refractivity contribution < 1.29 is 24.2 Å². The van der Waals surface area contributed by atoms with E-state index in [0.717, 1.165) is 0 Å². The lowest BCUT2D eigenvalue weighted by Gasteiger charge is -2.14. The van der Waals surface area contributed by atoms with Crippen LogP contribution in [0.15, 0.2) is 24.9 Å². The van der Waals surface area contributed by atoms with Crippen LogP contribution < -0.4 is 10.1 Å². The van der Waals surface area contributed by atoms with Gasteiger partial charge in [0.05, 0.1) is 25.4 Å². The monoisotopic (exact) mass is 328 g/mol. The SMILES string of the molecule is C=CCOCC(NC(=O)c1cnc(OCC)c(Cl)c1)C(=O)O. The molecule has 0 aliphatic rings. The van der Waals surface area contributed by atoms with Crippen LogP contribution >= 0.6 is 11.6 Å². The zero-order valence-electron chi connectivity index (χ0n) is 12.0. The van der Waals surface area contributed by atoms with Gasteiger partial charge in [0.1, 0.15) is 5.02 Å². The first kappa shape index (κ1) is 17.9. The molecule has 1 atom stereocenters. The van der Waals surface area contributed by atoms with Gasteiger partial charge in [-0.2, -0.15) is 0 Å². The van der Waals surface area contributed by atoms with Crippen molar-refractivity contribution >= 4 is 23.5 Å². The number of carbonyl (C=O) groups is 2. The Morgan fingerprint density at radius 1 is 1.59 bits per heavy atom. The summed E-state index contributed by atoms with van der Waals surface area (Å²) in [6.07, 6.45) is 2.74. The van der Waals surface area contributed by atoms with Crippen LogP contribution in [0.2, 0.25) is 5.02 Å². The number of carboxylic acid groups (broad SMARTS) is 1. The van der Waals surface area contributed by atoms with Gasteiger partial charge >= 0.3 is 5.97 Å². The van der Waals surface area contributed by atoms with E-state index in [1.165, 1.54) is 18.3 Å². The standard InChI is InChI=1S/C14H17ClN2O5/c1-3-5-21-8-11(14(19)20)17-12(18)9-6-10(15)13(16-7-9)22-4-2/h3,6-7,11H,1,4-5,8H2,2H3,(H,17,18)(H,19,20). The lowest BCUT2D eigenvalue weighted by atomic mass is 10.2. The average Bonchev–Trinajstić information content (AvgIpc) is 2.48. The minimum atomic E-state index is -1.21. The fraction of sp³-hybridized carbons (Fsp3) is 0.357. The first-order chi connectivity index (χ1) is 10.5. The molecule has 1 amide bonds. The number of hydrogen-bond donors (Lipinski definition) is 2. The number of pyridine rings is 1. The highest BCUT2D eigenvalue weighted by atomic mass is 35.5. The molecular formula is C14H17ClN2O5. The maximum atomic E-state index is 12.0. The maximum Gasteiger partial charge on any atom is 0.328 e. The Kier molecular flexibility index (Phi) is 7.34. The van der Waals surface area contributed by atoms with E-state index in [1.54, 1.807) is 6.92 Å². The molecular weight excluding hydrogens is 312 g/mol. The van der Waals surface area contributed by atoms with Crippen molar-refractivity contribution in [1.82, 2.24) is 10.3 Å². The number of halogens is 1. The number of carbonyl (C=O) groups excluding carboxylic acids is 1. The van der Waals surface area contributed by atoms with Crippen molar-refractivity contribution in [3.63, 3.8) is 0 Å². The second kappa shape index (κ2) is 9.01. The summed E-state index contributed by atoms with van der Waals surface area (Å²) >= 11 is 5.93. The molecule has 2 N–H and O–H groups in total. The van der Waals surface area contributed by atoms with Gasteiger partial charge in [-0.25, -0.2) is 9.78 Å². The van der Waals surface area contributed by atoms with Gasteiger partial charge in [-0.3, -0.25) is 4.79 Å². The number of rotatable bonds is 9. The van der Waals surface area contributed by atoms with Crippen molar-refractivity contribution in [1.29, 1.82) is 0 Å². The van der Waals surface area contributed by atoms with Crippen LogP contribution in [0.4, 0.5) is 0 Å². The Morgan fingerprint density at radius 3 is 2.86 bits per heavy atom. The van der Waals surface area contributed by atoms with Crippen LogP contribution in [-0.4, -0.2) is 47.8 Å². The van der Waals surface area contributed by atoms with Crippen LogP contribution in [0, 0.1) is 0 Å². The normalized spacial score (nSPS) is 11.5. The highest BCUT2D eigenvalue weighted by molar-refractivity contribution is 6.32. The molecule has 0 radical (unpaired) electrons. The summed E-state index contributed by atoms with van der Waals surface area (Å²) in [4.78, 5) is 27.0. The zero-order valence-corrected chi connectivity index (χ0v) is 12.8. The summed E-state index contributed by atoms with van der Waals surface area (Å²) in [7, 11) is 0. The number of amides is 1. The molecule has 0 fully saturated rings. The Balaban J connectivity index is 2.75. The summed E-state index contributed by atoms with van der Waals surface area (Å²) in [5, 5.41) is 11.6. The van der Waals surface area contributed by atoms with Gasteiger partial charge in [-0.05, 0) is 13.0 Å². The predicted octanol–water partition coefficient (Wildman–Crippen LogP) is 1.52. The van der Waals surface area contributed by atoms with E-state index in [2.05, 4.69) is 16.9 Å². The molecule has 1 heterocycles. The second-order valence-electron chi connectivity index (χ2n) is 4.13. The topological polar surface area (TPSA) is 97.8 Å². The smallest absolute Gasteiger partial charge is 0.328 e. The number of aliphatic carboxylic acids is 1. The van der Waals surface area contributed by atoms with Crippen LogP contribution in [-0.2, 0) is 9.53 Å². The molecule has 1 aromatic heterocycles. The molecule has 120 valence electrons. The summed E-state index contributed by atoms with van der Waals surface area (Å²) in [6.45, 7) is 5.63. The molecule has 1 rings (SSSR count). The van der Waals surface area contributed by atoms with Gasteiger partial charge in [0.25, 0.3) is 5.91 Å². The zero-order chi connectivity index (χ0) is 16.5. The third kappa shape index (κ3) is 5.34. The third-order valence-electron chi connectivity index (χ3n) is 2.47. The Hall–Kier alpha value is -2.12. The van der Waals surface area contributed by atoms with E-state index in [-0.39, 0.29) is 29.7 Å². The van der Waals surface area contributed by atoms with Gasteiger partial charge in [-0.1, -0.05) is 17.7 Å². The number of nitrogens with one attached hydrogen (secondary N) is 1. The second-order valence-corrected chi connectivity index (χ2v) is 4.54. The van der Waals surface area contributed by atoms with Gasteiger partial charge in [0, 0.05) is 6.20 Å². The molecule has 8 heteroatoms. The highest BCUT2D eigenvalue weighted by Gasteiger charge is 2.21. The number of nitrogens with zero attached hydrogens (tertiary/aromatic N) is 1.